The molecule has 1 saturated heterocycles. The number of hydrogen-bond donors (Lipinski definition) is 1. The van der Waals surface area contributed by atoms with Gasteiger partial charge >= 0.3 is 0 Å². The monoisotopic (exact) mass is 346 g/mol. The molecule has 2 rings (SSSR count). The Morgan fingerprint density at radius 1 is 1.42 bits per heavy atom. The number of thiophene rings is 1. The molecular weight excluding hydrogens is 324 g/mol. The zero-order valence-corrected chi connectivity index (χ0v) is 14.4. The Kier molecular flexibility index (Phi) is 5.43. The van der Waals surface area contributed by atoms with Gasteiger partial charge in [-0.15, -0.1) is 11.3 Å². The normalized spacial score (nSPS) is 17.9. The summed E-state index contributed by atoms with van der Waals surface area (Å²) in [5.41, 5.74) is 0.188. The van der Waals surface area contributed by atoms with E-state index in [9.17, 15) is 0 Å². The lowest BCUT2D eigenvalue weighted by Crippen LogP contribution is -2.54. The minimum absolute atomic E-state index is 0.188. The molecule has 0 amide bonds. The summed E-state index contributed by atoms with van der Waals surface area (Å²) >= 11 is 5.43. The number of nitrogens with zero attached hydrogens (tertiary/aromatic N) is 1. The standard InChI is InChI=1S/C14H23BrN2OS/c1-11-13(15)8-12(19-11)9-16-10-14(2,3)17-4-6-18-7-5-17/h8,16H,4-7,9-10H2,1-3H3. The van der Waals surface area contributed by atoms with Crippen LogP contribution in [-0.4, -0.2) is 43.3 Å². The average molecular weight is 347 g/mol. The highest BCUT2D eigenvalue weighted by molar-refractivity contribution is 9.10. The van der Waals surface area contributed by atoms with Gasteiger partial charge < -0.3 is 10.1 Å². The first-order valence-electron chi connectivity index (χ1n) is 6.77. The molecule has 1 N–H and O–H groups in total. The molecule has 1 aliphatic rings. The molecule has 19 heavy (non-hydrogen) atoms. The molecule has 1 aromatic heterocycles. The number of ether oxygens (including phenoxy) is 1. The van der Waals surface area contributed by atoms with Gasteiger partial charge in [0.1, 0.15) is 0 Å². The maximum absolute atomic E-state index is 5.42. The van der Waals surface area contributed by atoms with E-state index >= 15 is 0 Å². The van der Waals surface area contributed by atoms with Crippen molar-refractivity contribution in [1.29, 1.82) is 0 Å². The van der Waals surface area contributed by atoms with Gasteiger partial charge in [-0.2, -0.15) is 0 Å². The lowest BCUT2D eigenvalue weighted by Gasteiger charge is -2.41. The summed E-state index contributed by atoms with van der Waals surface area (Å²) in [6.07, 6.45) is 0. The summed E-state index contributed by atoms with van der Waals surface area (Å²) in [6, 6.07) is 2.22. The number of nitrogens with one attached hydrogen (secondary N) is 1. The van der Waals surface area contributed by atoms with Crippen LogP contribution in [0.25, 0.3) is 0 Å². The molecule has 1 aliphatic heterocycles. The first-order valence-corrected chi connectivity index (χ1v) is 8.38. The summed E-state index contributed by atoms with van der Waals surface area (Å²) in [4.78, 5) is 5.26. The smallest absolute Gasteiger partial charge is 0.0594 e. The lowest BCUT2D eigenvalue weighted by atomic mass is 10.0. The van der Waals surface area contributed by atoms with E-state index in [1.165, 1.54) is 14.2 Å². The maximum atomic E-state index is 5.42. The second-order valence-electron chi connectivity index (χ2n) is 5.63. The summed E-state index contributed by atoms with van der Waals surface area (Å²) in [5.74, 6) is 0. The molecule has 108 valence electrons. The van der Waals surface area contributed by atoms with Crippen LogP contribution >= 0.6 is 27.3 Å². The van der Waals surface area contributed by atoms with Gasteiger partial charge in [-0.05, 0) is 42.8 Å². The Hall–Kier alpha value is 0.0600. The van der Waals surface area contributed by atoms with Crippen LogP contribution < -0.4 is 5.32 Å². The molecule has 5 heteroatoms. The van der Waals surface area contributed by atoms with E-state index in [-0.39, 0.29) is 5.54 Å². The Bertz CT molecular complexity index is 394. The molecule has 0 radical (unpaired) electrons. The number of rotatable bonds is 5. The number of morpholine rings is 1. The number of hydrogen-bond acceptors (Lipinski definition) is 4. The van der Waals surface area contributed by atoms with Crippen molar-refractivity contribution >= 4 is 27.3 Å². The Labute approximate surface area is 128 Å². The highest BCUT2D eigenvalue weighted by Crippen LogP contribution is 2.26. The fourth-order valence-corrected chi connectivity index (χ4v) is 3.95. The molecular formula is C14H23BrN2OS. The van der Waals surface area contributed by atoms with E-state index < -0.39 is 0 Å². The van der Waals surface area contributed by atoms with Gasteiger partial charge in [0.2, 0.25) is 0 Å². The lowest BCUT2D eigenvalue weighted by molar-refractivity contribution is -0.00965. The second kappa shape index (κ2) is 6.68. The van der Waals surface area contributed by atoms with Crippen LogP contribution in [0.2, 0.25) is 0 Å². The molecule has 0 bridgehead atoms. The van der Waals surface area contributed by atoms with Crippen molar-refractivity contribution in [2.75, 3.05) is 32.8 Å². The molecule has 0 unspecified atom stereocenters. The van der Waals surface area contributed by atoms with Crippen molar-refractivity contribution < 1.29 is 4.74 Å². The van der Waals surface area contributed by atoms with Crippen molar-refractivity contribution in [3.05, 3.63) is 20.3 Å². The van der Waals surface area contributed by atoms with Gasteiger partial charge in [-0.1, -0.05) is 0 Å². The summed E-state index contributed by atoms with van der Waals surface area (Å²) < 4.78 is 6.64. The van der Waals surface area contributed by atoms with Crippen molar-refractivity contribution in [3.63, 3.8) is 0 Å². The maximum Gasteiger partial charge on any atom is 0.0594 e. The van der Waals surface area contributed by atoms with Crippen LogP contribution in [0.1, 0.15) is 23.6 Å². The molecule has 0 atom stereocenters. The highest BCUT2D eigenvalue weighted by atomic mass is 79.9. The van der Waals surface area contributed by atoms with Gasteiger partial charge in [0, 0.05) is 45.9 Å². The van der Waals surface area contributed by atoms with Gasteiger partial charge in [0.25, 0.3) is 0 Å². The minimum Gasteiger partial charge on any atom is -0.379 e. The third-order valence-corrected chi connectivity index (χ3v) is 5.77. The van der Waals surface area contributed by atoms with Gasteiger partial charge in [-0.3, -0.25) is 4.90 Å². The van der Waals surface area contributed by atoms with E-state index in [4.69, 9.17) is 4.74 Å². The van der Waals surface area contributed by atoms with Crippen LogP contribution in [0, 0.1) is 6.92 Å². The zero-order chi connectivity index (χ0) is 13.9. The van der Waals surface area contributed by atoms with Crippen LogP contribution in [0.3, 0.4) is 0 Å². The van der Waals surface area contributed by atoms with E-state index in [2.05, 4.69) is 53.0 Å². The first-order chi connectivity index (χ1) is 8.99. The summed E-state index contributed by atoms with van der Waals surface area (Å²) in [6.45, 7) is 12.5. The Morgan fingerprint density at radius 3 is 2.68 bits per heavy atom. The van der Waals surface area contributed by atoms with Crippen molar-refractivity contribution in [2.45, 2.75) is 32.9 Å². The highest BCUT2D eigenvalue weighted by Gasteiger charge is 2.27. The molecule has 0 saturated carbocycles. The minimum atomic E-state index is 0.188. The van der Waals surface area contributed by atoms with Gasteiger partial charge in [0.05, 0.1) is 13.2 Å². The molecule has 0 aliphatic carbocycles. The van der Waals surface area contributed by atoms with Crippen LogP contribution in [0.15, 0.2) is 10.5 Å². The fourth-order valence-electron chi connectivity index (χ4n) is 2.38. The summed E-state index contributed by atoms with van der Waals surface area (Å²) in [7, 11) is 0. The van der Waals surface area contributed by atoms with Crippen LogP contribution in [-0.2, 0) is 11.3 Å². The van der Waals surface area contributed by atoms with Gasteiger partial charge in [0.15, 0.2) is 0 Å². The predicted octanol–water partition coefficient (Wildman–Crippen LogP) is 3.02. The van der Waals surface area contributed by atoms with E-state index in [0.29, 0.717) is 0 Å². The zero-order valence-electron chi connectivity index (χ0n) is 12.0. The Balaban J connectivity index is 1.80. The summed E-state index contributed by atoms with van der Waals surface area (Å²) in [5, 5.41) is 3.59. The molecule has 1 aromatic rings. The predicted molar refractivity (Wildman–Crippen MR) is 84.9 cm³/mol. The molecule has 0 aromatic carbocycles. The largest absolute Gasteiger partial charge is 0.379 e. The van der Waals surface area contributed by atoms with Crippen LogP contribution in [0.4, 0.5) is 0 Å². The van der Waals surface area contributed by atoms with E-state index in [0.717, 1.165) is 39.4 Å². The average Bonchev–Trinajstić information content (AvgIpc) is 2.69. The third-order valence-electron chi connectivity index (χ3n) is 3.63. The number of halogens is 1. The molecule has 1 fully saturated rings. The molecule has 2 heterocycles. The molecule has 0 spiro atoms. The fraction of sp³-hybridized carbons (Fsp3) is 0.714. The van der Waals surface area contributed by atoms with Crippen LogP contribution in [0.5, 0.6) is 0 Å². The first kappa shape index (κ1) is 15.4. The SMILES string of the molecule is Cc1sc(CNCC(C)(C)N2CCOCC2)cc1Br. The van der Waals surface area contributed by atoms with Crippen molar-refractivity contribution in [3.8, 4) is 0 Å². The topological polar surface area (TPSA) is 24.5 Å². The van der Waals surface area contributed by atoms with Gasteiger partial charge in [-0.25, -0.2) is 0 Å². The van der Waals surface area contributed by atoms with E-state index in [1.54, 1.807) is 0 Å². The number of aryl methyl sites for hydroxylation is 1. The van der Waals surface area contributed by atoms with Crippen molar-refractivity contribution in [2.24, 2.45) is 0 Å². The van der Waals surface area contributed by atoms with E-state index in [1.807, 2.05) is 11.3 Å². The second-order valence-corrected chi connectivity index (χ2v) is 7.83. The quantitative estimate of drug-likeness (QED) is 0.886. The Morgan fingerprint density at radius 2 is 2.11 bits per heavy atom. The van der Waals surface area contributed by atoms with Crippen molar-refractivity contribution in [1.82, 2.24) is 10.2 Å². The molecule has 3 nitrogen and oxygen atoms in total. The third kappa shape index (κ3) is 4.26.